The molecule has 0 amide bonds. The Labute approximate surface area is 109 Å². The monoisotopic (exact) mass is 255 g/mol. The van der Waals surface area contributed by atoms with Crippen molar-refractivity contribution in [3.63, 3.8) is 0 Å². The summed E-state index contributed by atoms with van der Waals surface area (Å²) in [5.74, 6) is 1.41. The first-order chi connectivity index (χ1) is 8.67. The van der Waals surface area contributed by atoms with Gasteiger partial charge in [0.15, 0.2) is 0 Å². The molecule has 0 aliphatic carbocycles. The molecule has 0 aromatic carbocycles. The van der Waals surface area contributed by atoms with Crippen molar-refractivity contribution in [3.8, 4) is 0 Å². The Morgan fingerprint density at radius 3 is 2.39 bits per heavy atom. The third-order valence-corrected chi connectivity index (χ3v) is 3.54. The van der Waals surface area contributed by atoms with Gasteiger partial charge in [-0.1, -0.05) is 25.9 Å². The van der Waals surface area contributed by atoms with Gasteiger partial charge < -0.3 is 15.0 Å². The fraction of sp³-hybridized carbons (Fsp3) is 0.846. The van der Waals surface area contributed by atoms with Gasteiger partial charge in [-0.15, -0.1) is 0 Å². The third-order valence-electron chi connectivity index (χ3n) is 3.54. The first kappa shape index (κ1) is 15.1. The van der Waals surface area contributed by atoms with Crippen LogP contribution in [-0.4, -0.2) is 23.3 Å². The van der Waals surface area contributed by atoms with E-state index in [1.807, 2.05) is 6.92 Å². The van der Waals surface area contributed by atoms with E-state index in [1.165, 1.54) is 0 Å². The molecule has 18 heavy (non-hydrogen) atoms. The summed E-state index contributed by atoms with van der Waals surface area (Å²) in [7, 11) is 0. The predicted octanol–water partition coefficient (Wildman–Crippen LogP) is 2.57. The molecule has 0 fully saturated rings. The molecule has 0 saturated heterocycles. The average molecular weight is 255 g/mol. The first-order valence-electron chi connectivity index (χ1n) is 6.85. The van der Waals surface area contributed by atoms with E-state index in [2.05, 4.69) is 30.9 Å². The average Bonchev–Trinajstić information content (AvgIpc) is 2.88. The quantitative estimate of drug-likeness (QED) is 0.772. The summed E-state index contributed by atoms with van der Waals surface area (Å²) in [6.07, 6.45) is 2.56. The predicted molar refractivity (Wildman–Crippen MR) is 70.3 cm³/mol. The molecule has 1 heterocycles. The van der Waals surface area contributed by atoms with Gasteiger partial charge in [0.1, 0.15) is 5.60 Å². The van der Waals surface area contributed by atoms with Crippen molar-refractivity contribution in [1.29, 1.82) is 0 Å². The molecular formula is C13H25N3O2. The Kier molecular flexibility index (Phi) is 5.75. The van der Waals surface area contributed by atoms with Gasteiger partial charge in [0.05, 0.1) is 5.92 Å². The molecule has 0 radical (unpaired) electrons. The lowest BCUT2D eigenvalue weighted by atomic mass is 9.96. The Bertz CT molecular complexity index is 344. The Morgan fingerprint density at radius 1 is 1.28 bits per heavy atom. The number of hydrogen-bond donors (Lipinski definition) is 1. The number of nitrogens with zero attached hydrogens (tertiary/aromatic N) is 2. The Hall–Kier alpha value is -0.940. The van der Waals surface area contributed by atoms with E-state index in [0.717, 1.165) is 19.3 Å². The van der Waals surface area contributed by atoms with Crippen molar-refractivity contribution in [1.82, 2.24) is 10.1 Å². The molecule has 0 saturated carbocycles. The number of hydrogen-bond acceptors (Lipinski definition) is 5. The second-order valence-electron chi connectivity index (χ2n) is 4.43. The van der Waals surface area contributed by atoms with Gasteiger partial charge >= 0.3 is 0 Å². The van der Waals surface area contributed by atoms with Crippen LogP contribution in [0.15, 0.2) is 4.52 Å². The van der Waals surface area contributed by atoms with Crippen LogP contribution in [0.3, 0.4) is 0 Å². The molecule has 1 rings (SSSR count). The number of aromatic nitrogens is 2. The summed E-state index contributed by atoms with van der Waals surface area (Å²) in [6.45, 7) is 9.37. The van der Waals surface area contributed by atoms with Crippen LogP contribution in [0.1, 0.15) is 64.6 Å². The number of rotatable bonds is 8. The van der Waals surface area contributed by atoms with Gasteiger partial charge in [-0.2, -0.15) is 4.98 Å². The highest BCUT2D eigenvalue weighted by atomic mass is 16.5. The van der Waals surface area contributed by atoms with Gasteiger partial charge in [0.25, 0.3) is 0 Å². The maximum Gasteiger partial charge on any atom is 0.231 e. The highest BCUT2D eigenvalue weighted by molar-refractivity contribution is 5.03. The zero-order chi connectivity index (χ0) is 13.6. The highest BCUT2D eigenvalue weighted by Gasteiger charge is 2.35. The zero-order valence-corrected chi connectivity index (χ0v) is 11.9. The molecule has 1 aromatic rings. The van der Waals surface area contributed by atoms with E-state index in [-0.39, 0.29) is 5.92 Å². The topological polar surface area (TPSA) is 74.2 Å². The fourth-order valence-electron chi connectivity index (χ4n) is 2.14. The molecule has 0 aliphatic heterocycles. The molecule has 0 spiro atoms. The minimum Gasteiger partial charge on any atom is -0.367 e. The molecular weight excluding hydrogens is 230 g/mol. The zero-order valence-electron chi connectivity index (χ0n) is 11.9. The van der Waals surface area contributed by atoms with E-state index in [4.69, 9.17) is 15.0 Å². The van der Waals surface area contributed by atoms with Crippen LogP contribution >= 0.6 is 0 Å². The Balaban J connectivity index is 3.00. The maximum absolute atomic E-state index is 5.86. The summed E-state index contributed by atoms with van der Waals surface area (Å²) >= 11 is 0. The molecule has 1 aromatic heterocycles. The minimum absolute atomic E-state index is 0.138. The lowest BCUT2D eigenvalue weighted by Gasteiger charge is -2.27. The van der Waals surface area contributed by atoms with Crippen LogP contribution in [0, 0.1) is 0 Å². The fourth-order valence-corrected chi connectivity index (χ4v) is 2.14. The Morgan fingerprint density at radius 2 is 1.94 bits per heavy atom. The standard InChI is InChI=1S/C13H25N3O2/c1-5-10(9-14)11-15-12(16-18-11)13(6-2,7-3)17-8-4/h10H,5-9,14H2,1-4H3. The summed E-state index contributed by atoms with van der Waals surface area (Å²) in [6, 6.07) is 0. The molecule has 1 atom stereocenters. The van der Waals surface area contributed by atoms with Crippen molar-refractivity contribution >= 4 is 0 Å². The van der Waals surface area contributed by atoms with Gasteiger partial charge in [-0.25, -0.2) is 0 Å². The molecule has 0 aliphatic rings. The summed E-state index contributed by atoms with van der Waals surface area (Å²) in [5, 5.41) is 4.10. The van der Waals surface area contributed by atoms with Crippen LogP contribution in [0.5, 0.6) is 0 Å². The largest absolute Gasteiger partial charge is 0.367 e. The molecule has 2 N–H and O–H groups in total. The third kappa shape index (κ3) is 2.90. The van der Waals surface area contributed by atoms with Crippen molar-refractivity contribution in [3.05, 3.63) is 11.7 Å². The second kappa shape index (κ2) is 6.85. The van der Waals surface area contributed by atoms with Crippen molar-refractivity contribution in [2.75, 3.05) is 13.2 Å². The van der Waals surface area contributed by atoms with Gasteiger partial charge in [-0.3, -0.25) is 0 Å². The van der Waals surface area contributed by atoms with Crippen molar-refractivity contribution in [2.24, 2.45) is 5.73 Å². The number of nitrogens with two attached hydrogens (primary N) is 1. The van der Waals surface area contributed by atoms with E-state index in [9.17, 15) is 0 Å². The van der Waals surface area contributed by atoms with Crippen molar-refractivity contribution in [2.45, 2.75) is 58.5 Å². The minimum atomic E-state index is -0.427. The van der Waals surface area contributed by atoms with Crippen LogP contribution < -0.4 is 5.73 Å². The molecule has 104 valence electrons. The molecule has 1 unspecified atom stereocenters. The summed E-state index contributed by atoms with van der Waals surface area (Å²) in [5.41, 5.74) is 5.27. The van der Waals surface area contributed by atoms with Crippen LogP contribution in [0.2, 0.25) is 0 Å². The van der Waals surface area contributed by atoms with Crippen molar-refractivity contribution < 1.29 is 9.26 Å². The van der Waals surface area contributed by atoms with Gasteiger partial charge in [0, 0.05) is 13.2 Å². The van der Waals surface area contributed by atoms with Gasteiger partial charge in [-0.05, 0) is 26.2 Å². The molecule has 0 bridgehead atoms. The van der Waals surface area contributed by atoms with Crippen LogP contribution in [0.4, 0.5) is 0 Å². The molecule has 5 heteroatoms. The lowest BCUT2D eigenvalue weighted by molar-refractivity contribution is -0.0583. The number of ether oxygens (including phenoxy) is 1. The van der Waals surface area contributed by atoms with Gasteiger partial charge in [0.2, 0.25) is 11.7 Å². The normalized spacial score (nSPS) is 13.8. The van der Waals surface area contributed by atoms with E-state index in [0.29, 0.717) is 24.9 Å². The first-order valence-corrected chi connectivity index (χ1v) is 6.85. The highest BCUT2D eigenvalue weighted by Crippen LogP contribution is 2.31. The van der Waals surface area contributed by atoms with E-state index < -0.39 is 5.60 Å². The lowest BCUT2D eigenvalue weighted by Crippen LogP contribution is -2.30. The van der Waals surface area contributed by atoms with E-state index >= 15 is 0 Å². The second-order valence-corrected chi connectivity index (χ2v) is 4.43. The van der Waals surface area contributed by atoms with Crippen LogP contribution in [-0.2, 0) is 10.3 Å². The maximum atomic E-state index is 5.86. The smallest absolute Gasteiger partial charge is 0.231 e. The van der Waals surface area contributed by atoms with Crippen LogP contribution in [0.25, 0.3) is 0 Å². The SMILES string of the molecule is CCOC(CC)(CC)c1noc(C(CC)CN)n1. The van der Waals surface area contributed by atoms with E-state index in [1.54, 1.807) is 0 Å². The molecule has 5 nitrogen and oxygen atoms in total. The summed E-state index contributed by atoms with van der Waals surface area (Å²) in [4.78, 5) is 4.50. The summed E-state index contributed by atoms with van der Waals surface area (Å²) < 4.78 is 11.2.